The Labute approximate surface area is 147 Å². The predicted octanol–water partition coefficient (Wildman–Crippen LogP) is 4.01. The summed E-state index contributed by atoms with van der Waals surface area (Å²) in [7, 11) is 4.22. The maximum absolute atomic E-state index is 14.0. The fourth-order valence-corrected chi connectivity index (χ4v) is 3.46. The molecule has 0 radical (unpaired) electrons. The summed E-state index contributed by atoms with van der Waals surface area (Å²) in [5.74, 6) is -0.632. The quantitative estimate of drug-likeness (QED) is 0.908. The third kappa shape index (κ3) is 4.12. The number of hydrogen-bond acceptors (Lipinski definition) is 4. The van der Waals surface area contributed by atoms with Crippen LogP contribution in [0.25, 0.3) is 11.1 Å². The molecular weight excluding hydrogens is 322 g/mol. The van der Waals surface area contributed by atoms with Gasteiger partial charge in [-0.05, 0) is 58.8 Å². The van der Waals surface area contributed by atoms with Crippen molar-refractivity contribution in [2.75, 3.05) is 19.4 Å². The number of hydrogen-bond donors (Lipinski definition) is 1. The maximum atomic E-state index is 14.0. The van der Waals surface area contributed by atoms with Crippen LogP contribution in [-0.2, 0) is 0 Å². The van der Waals surface area contributed by atoms with E-state index in [1.54, 1.807) is 6.20 Å². The molecule has 6 heteroatoms. The predicted molar refractivity (Wildman–Crippen MR) is 95.5 cm³/mol. The Kier molecular flexibility index (Phi) is 5.27. The second kappa shape index (κ2) is 7.44. The first-order valence-electron chi connectivity index (χ1n) is 8.66. The molecule has 1 saturated carbocycles. The summed E-state index contributed by atoms with van der Waals surface area (Å²) in [6, 6.07) is 4.46. The lowest BCUT2D eigenvalue weighted by Gasteiger charge is -2.33. The van der Waals surface area contributed by atoms with Crippen molar-refractivity contribution in [3.05, 3.63) is 41.7 Å². The van der Waals surface area contributed by atoms with Crippen LogP contribution in [0.15, 0.2) is 24.4 Å². The van der Waals surface area contributed by atoms with E-state index >= 15 is 0 Å². The molecule has 2 aromatic rings. The maximum Gasteiger partial charge on any atom is 0.223 e. The zero-order chi connectivity index (χ0) is 18.0. The molecular formula is C19H24F2N4. The lowest BCUT2D eigenvalue weighted by Crippen LogP contribution is -2.38. The average molecular weight is 346 g/mol. The molecule has 1 heterocycles. The summed E-state index contributed by atoms with van der Waals surface area (Å²) >= 11 is 0. The second-order valence-corrected chi connectivity index (χ2v) is 6.94. The highest BCUT2D eigenvalue weighted by molar-refractivity contribution is 5.66. The van der Waals surface area contributed by atoms with E-state index in [9.17, 15) is 8.78 Å². The molecule has 1 N–H and O–H groups in total. The fraction of sp³-hybridized carbons (Fsp3) is 0.474. The van der Waals surface area contributed by atoms with Gasteiger partial charge >= 0.3 is 0 Å². The van der Waals surface area contributed by atoms with Crippen molar-refractivity contribution >= 4 is 5.95 Å². The van der Waals surface area contributed by atoms with Gasteiger partial charge in [-0.3, -0.25) is 0 Å². The van der Waals surface area contributed by atoms with Gasteiger partial charge in [-0.25, -0.2) is 18.7 Å². The molecule has 0 spiro atoms. The van der Waals surface area contributed by atoms with Crippen LogP contribution in [0, 0.1) is 18.6 Å². The number of anilines is 1. The van der Waals surface area contributed by atoms with Crippen LogP contribution in [0.1, 0.15) is 31.4 Å². The van der Waals surface area contributed by atoms with Gasteiger partial charge in [-0.15, -0.1) is 0 Å². The minimum absolute atomic E-state index is 0.316. The first-order chi connectivity index (χ1) is 11.9. The molecule has 0 bridgehead atoms. The summed E-state index contributed by atoms with van der Waals surface area (Å²) in [6.07, 6.45) is 6.16. The zero-order valence-corrected chi connectivity index (χ0v) is 14.9. The highest BCUT2D eigenvalue weighted by Gasteiger charge is 2.24. The van der Waals surface area contributed by atoms with Crippen LogP contribution in [0.2, 0.25) is 0 Å². The molecule has 0 aliphatic heterocycles. The van der Waals surface area contributed by atoms with Crippen molar-refractivity contribution < 1.29 is 8.78 Å². The van der Waals surface area contributed by atoms with Crippen LogP contribution in [0.4, 0.5) is 14.7 Å². The molecule has 2 atom stereocenters. The zero-order valence-electron chi connectivity index (χ0n) is 14.9. The number of aromatic nitrogens is 2. The second-order valence-electron chi connectivity index (χ2n) is 6.94. The van der Waals surface area contributed by atoms with Gasteiger partial charge in [0.2, 0.25) is 5.95 Å². The van der Waals surface area contributed by atoms with Crippen LogP contribution in [0.5, 0.6) is 0 Å². The van der Waals surface area contributed by atoms with Gasteiger partial charge in [0.1, 0.15) is 11.6 Å². The van der Waals surface area contributed by atoms with Gasteiger partial charge in [-0.2, -0.15) is 0 Å². The first-order valence-corrected chi connectivity index (χ1v) is 8.66. The van der Waals surface area contributed by atoms with E-state index in [0.717, 1.165) is 18.9 Å². The van der Waals surface area contributed by atoms with E-state index in [1.807, 2.05) is 6.92 Å². The fourth-order valence-electron chi connectivity index (χ4n) is 3.46. The average Bonchev–Trinajstić information content (AvgIpc) is 2.56. The third-order valence-electron chi connectivity index (χ3n) is 4.91. The van der Waals surface area contributed by atoms with Crippen LogP contribution >= 0.6 is 0 Å². The van der Waals surface area contributed by atoms with E-state index in [2.05, 4.69) is 34.3 Å². The Morgan fingerprint density at radius 1 is 1.16 bits per heavy atom. The molecule has 1 aromatic heterocycles. The summed E-state index contributed by atoms with van der Waals surface area (Å²) in [4.78, 5) is 11.1. The summed E-state index contributed by atoms with van der Waals surface area (Å²) in [6.45, 7) is 1.81. The summed E-state index contributed by atoms with van der Waals surface area (Å²) in [5.41, 5.74) is 1.57. The molecule has 1 aromatic carbocycles. The molecule has 4 nitrogen and oxygen atoms in total. The third-order valence-corrected chi connectivity index (χ3v) is 4.91. The standard InChI is InChI=1S/C19H24F2N4/c1-12-17(16-8-7-13(20)9-18(16)21)11-22-19(23-12)24-14-5-4-6-15(10-14)25(2)3/h7-9,11,14-15H,4-6,10H2,1-3H3,(H,22,23,24). The molecule has 1 aliphatic carbocycles. The normalized spacial score (nSPS) is 20.7. The Morgan fingerprint density at radius 2 is 1.96 bits per heavy atom. The van der Waals surface area contributed by atoms with E-state index in [4.69, 9.17) is 0 Å². The Balaban J connectivity index is 1.76. The largest absolute Gasteiger partial charge is 0.351 e. The van der Waals surface area contributed by atoms with Crippen LogP contribution in [0.3, 0.4) is 0 Å². The van der Waals surface area contributed by atoms with Crippen molar-refractivity contribution in [3.8, 4) is 11.1 Å². The number of nitrogens with zero attached hydrogens (tertiary/aromatic N) is 3. The molecule has 25 heavy (non-hydrogen) atoms. The topological polar surface area (TPSA) is 41.1 Å². The van der Waals surface area contributed by atoms with Gasteiger partial charge in [0.15, 0.2) is 0 Å². The molecule has 1 fully saturated rings. The Hall–Kier alpha value is -2.08. The minimum atomic E-state index is -0.603. The Bertz CT molecular complexity index is 748. The van der Waals surface area contributed by atoms with Crippen LogP contribution in [-0.4, -0.2) is 41.0 Å². The highest BCUT2D eigenvalue weighted by atomic mass is 19.1. The number of halogens is 2. The van der Waals surface area contributed by atoms with Crippen LogP contribution < -0.4 is 5.32 Å². The SMILES string of the molecule is Cc1nc(NC2CCCC(N(C)C)C2)ncc1-c1ccc(F)cc1F. The van der Waals surface area contributed by atoms with E-state index < -0.39 is 11.6 Å². The van der Waals surface area contributed by atoms with Gasteiger partial charge in [0.05, 0.1) is 5.69 Å². The van der Waals surface area contributed by atoms with Crippen molar-refractivity contribution in [2.24, 2.45) is 0 Å². The number of nitrogens with one attached hydrogen (secondary N) is 1. The molecule has 0 saturated heterocycles. The van der Waals surface area contributed by atoms with Gasteiger partial charge in [0, 0.05) is 35.5 Å². The van der Waals surface area contributed by atoms with Gasteiger partial charge < -0.3 is 10.2 Å². The summed E-state index contributed by atoms with van der Waals surface area (Å²) < 4.78 is 27.1. The molecule has 3 rings (SSSR count). The van der Waals surface area contributed by atoms with Crippen molar-refractivity contribution in [2.45, 2.75) is 44.7 Å². The minimum Gasteiger partial charge on any atom is -0.351 e. The van der Waals surface area contributed by atoms with Gasteiger partial charge in [0.25, 0.3) is 0 Å². The summed E-state index contributed by atoms with van der Waals surface area (Å²) in [5, 5.41) is 3.41. The monoisotopic (exact) mass is 346 g/mol. The van der Waals surface area contributed by atoms with E-state index in [-0.39, 0.29) is 0 Å². The highest BCUT2D eigenvalue weighted by Crippen LogP contribution is 2.27. The first kappa shape index (κ1) is 17.7. The smallest absolute Gasteiger partial charge is 0.223 e. The van der Waals surface area contributed by atoms with Crippen molar-refractivity contribution in [3.63, 3.8) is 0 Å². The number of aryl methyl sites for hydroxylation is 1. The number of benzene rings is 1. The van der Waals surface area contributed by atoms with E-state index in [0.29, 0.717) is 34.9 Å². The van der Waals surface area contributed by atoms with Gasteiger partial charge in [-0.1, -0.05) is 0 Å². The molecule has 0 amide bonds. The molecule has 1 aliphatic rings. The van der Waals surface area contributed by atoms with E-state index in [1.165, 1.54) is 25.0 Å². The number of rotatable bonds is 4. The molecule has 134 valence electrons. The molecule has 2 unspecified atom stereocenters. The van der Waals surface area contributed by atoms with Crippen molar-refractivity contribution in [1.82, 2.24) is 14.9 Å². The lowest BCUT2D eigenvalue weighted by atomic mass is 9.90. The van der Waals surface area contributed by atoms with Crippen molar-refractivity contribution in [1.29, 1.82) is 0 Å². The Morgan fingerprint density at radius 3 is 2.64 bits per heavy atom. The lowest BCUT2D eigenvalue weighted by molar-refractivity contribution is 0.219.